The first-order valence-electron chi connectivity index (χ1n) is 8.81. The molecule has 2 aromatic rings. The fourth-order valence-electron chi connectivity index (χ4n) is 3.11. The number of nitrogens with zero attached hydrogens (tertiary/aromatic N) is 4. The largest absolute Gasteiger partial charge is 0.369 e. The first-order chi connectivity index (χ1) is 12.4. The number of piperazine rings is 1. The van der Waals surface area contributed by atoms with E-state index in [9.17, 15) is 8.42 Å². The molecule has 140 valence electrons. The van der Waals surface area contributed by atoms with Crippen molar-refractivity contribution in [2.45, 2.75) is 27.2 Å². The predicted molar refractivity (Wildman–Crippen MR) is 104 cm³/mol. The van der Waals surface area contributed by atoms with Crippen molar-refractivity contribution in [3.8, 4) is 0 Å². The average Bonchev–Trinajstić information content (AvgIpc) is 2.61. The first kappa shape index (κ1) is 18.6. The monoisotopic (exact) mass is 375 g/mol. The number of pyridine rings is 2. The highest BCUT2D eigenvalue weighted by Crippen LogP contribution is 2.20. The van der Waals surface area contributed by atoms with Gasteiger partial charge in [0, 0.05) is 48.9 Å². The summed E-state index contributed by atoms with van der Waals surface area (Å²) in [7, 11) is -3.60. The zero-order chi connectivity index (χ0) is 18.7. The van der Waals surface area contributed by atoms with E-state index >= 15 is 0 Å². The van der Waals surface area contributed by atoms with Gasteiger partial charge >= 0.3 is 10.2 Å². The van der Waals surface area contributed by atoms with Crippen LogP contribution in [0.15, 0.2) is 30.3 Å². The molecule has 0 aromatic carbocycles. The molecule has 0 spiro atoms. The third kappa shape index (κ3) is 4.31. The Kier molecular flexibility index (Phi) is 5.43. The van der Waals surface area contributed by atoms with Crippen LogP contribution in [0.25, 0.3) is 0 Å². The fraction of sp³-hybridized carbons (Fsp3) is 0.444. The van der Waals surface area contributed by atoms with Crippen LogP contribution in [0, 0.1) is 13.8 Å². The summed E-state index contributed by atoms with van der Waals surface area (Å²) in [5, 5.41) is 0. The minimum atomic E-state index is -3.60. The number of hydrogen-bond donors (Lipinski definition) is 1. The molecule has 0 amide bonds. The topological polar surface area (TPSA) is 78.4 Å². The van der Waals surface area contributed by atoms with Crippen LogP contribution >= 0.6 is 0 Å². The van der Waals surface area contributed by atoms with E-state index in [0.717, 1.165) is 29.2 Å². The maximum atomic E-state index is 12.7. The van der Waals surface area contributed by atoms with E-state index in [4.69, 9.17) is 0 Å². The second-order valence-corrected chi connectivity index (χ2v) is 8.14. The highest BCUT2D eigenvalue weighted by Gasteiger charge is 2.27. The van der Waals surface area contributed by atoms with Crippen molar-refractivity contribution < 1.29 is 8.42 Å². The molecule has 8 heteroatoms. The molecule has 0 radical (unpaired) electrons. The van der Waals surface area contributed by atoms with Gasteiger partial charge < -0.3 is 4.90 Å². The zero-order valence-electron chi connectivity index (χ0n) is 15.4. The Labute approximate surface area is 155 Å². The van der Waals surface area contributed by atoms with Crippen molar-refractivity contribution in [1.82, 2.24) is 14.3 Å². The van der Waals surface area contributed by atoms with Crippen molar-refractivity contribution in [2.24, 2.45) is 0 Å². The Balaban J connectivity index is 1.66. The number of hydrogen-bond acceptors (Lipinski definition) is 5. The third-order valence-corrected chi connectivity index (χ3v) is 5.92. The average molecular weight is 375 g/mol. The minimum absolute atomic E-state index is 0.368. The zero-order valence-corrected chi connectivity index (χ0v) is 16.3. The predicted octanol–water partition coefficient (Wildman–Crippen LogP) is 2.13. The van der Waals surface area contributed by atoms with Gasteiger partial charge in [-0.2, -0.15) is 12.7 Å². The lowest BCUT2D eigenvalue weighted by molar-refractivity contribution is 0.387. The second kappa shape index (κ2) is 7.59. The van der Waals surface area contributed by atoms with Crippen LogP contribution in [0.5, 0.6) is 0 Å². The van der Waals surface area contributed by atoms with Gasteiger partial charge in [0.25, 0.3) is 0 Å². The smallest absolute Gasteiger partial charge is 0.302 e. The Morgan fingerprint density at radius 3 is 2.31 bits per heavy atom. The van der Waals surface area contributed by atoms with E-state index in [1.165, 1.54) is 4.31 Å². The Morgan fingerprint density at radius 2 is 1.69 bits per heavy atom. The van der Waals surface area contributed by atoms with Gasteiger partial charge in [0.2, 0.25) is 0 Å². The molecular formula is C18H25N5O2S. The molecule has 7 nitrogen and oxygen atoms in total. The SMILES string of the molecule is CCc1cccc(NS(=O)(=O)N2CCN(c3cc(C)nc(C)c3)CC2)n1. The van der Waals surface area contributed by atoms with Crippen molar-refractivity contribution in [1.29, 1.82) is 0 Å². The van der Waals surface area contributed by atoms with E-state index in [1.807, 2.05) is 45.0 Å². The van der Waals surface area contributed by atoms with E-state index in [1.54, 1.807) is 6.07 Å². The third-order valence-electron chi connectivity index (χ3n) is 4.41. The van der Waals surface area contributed by atoms with Crippen LogP contribution in [0.2, 0.25) is 0 Å². The van der Waals surface area contributed by atoms with E-state index in [0.29, 0.717) is 32.0 Å². The highest BCUT2D eigenvalue weighted by atomic mass is 32.2. The van der Waals surface area contributed by atoms with Crippen LogP contribution in [0.4, 0.5) is 11.5 Å². The quantitative estimate of drug-likeness (QED) is 0.866. The summed E-state index contributed by atoms with van der Waals surface area (Å²) in [5.74, 6) is 0.368. The molecule has 0 saturated carbocycles. The molecule has 0 atom stereocenters. The Bertz CT molecular complexity index is 857. The van der Waals surface area contributed by atoms with Gasteiger partial charge in [0.05, 0.1) is 0 Å². The summed E-state index contributed by atoms with van der Waals surface area (Å²) < 4.78 is 29.4. The van der Waals surface area contributed by atoms with Gasteiger partial charge in [0.15, 0.2) is 0 Å². The molecule has 1 fully saturated rings. The van der Waals surface area contributed by atoms with Crippen LogP contribution in [-0.2, 0) is 16.6 Å². The molecule has 1 saturated heterocycles. The minimum Gasteiger partial charge on any atom is -0.369 e. The second-order valence-electron chi connectivity index (χ2n) is 6.47. The number of aryl methyl sites for hydroxylation is 3. The van der Waals surface area contributed by atoms with Crippen molar-refractivity contribution in [2.75, 3.05) is 35.8 Å². The fourth-order valence-corrected chi connectivity index (χ4v) is 4.26. The molecular weight excluding hydrogens is 350 g/mol. The van der Waals surface area contributed by atoms with Crippen molar-refractivity contribution in [3.05, 3.63) is 47.4 Å². The van der Waals surface area contributed by atoms with Gasteiger partial charge in [0.1, 0.15) is 5.82 Å². The lowest BCUT2D eigenvalue weighted by atomic mass is 10.2. The van der Waals surface area contributed by atoms with E-state index < -0.39 is 10.2 Å². The molecule has 1 aliphatic rings. The standard InChI is InChI=1S/C18H25N5O2S/c1-4-16-6-5-7-18(20-16)21-26(24,25)23-10-8-22(9-11-23)17-12-14(2)19-15(3)13-17/h5-7,12-13H,4,8-11H2,1-3H3,(H,20,21). The Hall–Kier alpha value is -2.19. The number of anilines is 2. The highest BCUT2D eigenvalue weighted by molar-refractivity contribution is 7.90. The van der Waals surface area contributed by atoms with Gasteiger partial charge in [-0.1, -0.05) is 13.0 Å². The number of aromatic nitrogens is 2. The molecule has 2 aromatic heterocycles. The van der Waals surface area contributed by atoms with Crippen molar-refractivity contribution in [3.63, 3.8) is 0 Å². The molecule has 1 aliphatic heterocycles. The van der Waals surface area contributed by atoms with Crippen LogP contribution in [-0.4, -0.2) is 48.9 Å². The first-order valence-corrected chi connectivity index (χ1v) is 10.3. The van der Waals surface area contributed by atoms with Crippen LogP contribution < -0.4 is 9.62 Å². The molecule has 0 bridgehead atoms. The lowest BCUT2D eigenvalue weighted by Crippen LogP contribution is -2.50. The van der Waals surface area contributed by atoms with Gasteiger partial charge in [-0.15, -0.1) is 0 Å². The van der Waals surface area contributed by atoms with E-state index in [2.05, 4.69) is 19.6 Å². The van der Waals surface area contributed by atoms with Crippen LogP contribution in [0.3, 0.4) is 0 Å². The maximum absolute atomic E-state index is 12.7. The normalized spacial score (nSPS) is 15.9. The van der Waals surface area contributed by atoms with Gasteiger partial charge in [-0.25, -0.2) is 4.98 Å². The maximum Gasteiger partial charge on any atom is 0.302 e. The molecule has 0 unspecified atom stereocenters. The van der Waals surface area contributed by atoms with E-state index in [-0.39, 0.29) is 0 Å². The van der Waals surface area contributed by atoms with Crippen molar-refractivity contribution >= 4 is 21.7 Å². The summed E-state index contributed by atoms with van der Waals surface area (Å²) >= 11 is 0. The van der Waals surface area contributed by atoms with Gasteiger partial charge in [-0.3, -0.25) is 9.71 Å². The summed E-state index contributed by atoms with van der Waals surface area (Å²) in [5.41, 5.74) is 3.90. The number of rotatable bonds is 5. The summed E-state index contributed by atoms with van der Waals surface area (Å²) in [6, 6.07) is 9.45. The Morgan fingerprint density at radius 1 is 1.04 bits per heavy atom. The summed E-state index contributed by atoms with van der Waals surface area (Å²) in [4.78, 5) is 10.9. The summed E-state index contributed by atoms with van der Waals surface area (Å²) in [6.45, 7) is 8.09. The molecule has 1 N–H and O–H groups in total. The lowest BCUT2D eigenvalue weighted by Gasteiger charge is -2.35. The molecule has 0 aliphatic carbocycles. The van der Waals surface area contributed by atoms with Crippen LogP contribution in [0.1, 0.15) is 24.0 Å². The molecule has 26 heavy (non-hydrogen) atoms. The molecule has 3 heterocycles. The van der Waals surface area contributed by atoms with Gasteiger partial charge in [-0.05, 0) is 44.5 Å². The molecule has 3 rings (SSSR count). The number of nitrogens with one attached hydrogen (secondary N) is 1. The summed E-state index contributed by atoms with van der Waals surface area (Å²) in [6.07, 6.45) is 0.763.